The van der Waals surface area contributed by atoms with E-state index >= 15 is 0 Å². The zero-order valence-corrected chi connectivity index (χ0v) is 21.2. The number of unbranched alkanes of at least 4 members (excludes halogenated alkanes) is 2. The van der Waals surface area contributed by atoms with Crippen LogP contribution in [0.4, 0.5) is 5.69 Å². The maximum atomic E-state index is 12.5. The Morgan fingerprint density at radius 1 is 1.03 bits per heavy atom. The van der Waals surface area contributed by atoms with Crippen LogP contribution in [0.5, 0.6) is 11.5 Å². The van der Waals surface area contributed by atoms with E-state index in [0.29, 0.717) is 18.1 Å². The van der Waals surface area contributed by atoms with Gasteiger partial charge in [0.25, 0.3) is 0 Å². The highest BCUT2D eigenvalue weighted by atomic mass is 32.1. The van der Waals surface area contributed by atoms with Crippen LogP contribution in [0, 0.1) is 6.92 Å². The first-order valence-electron chi connectivity index (χ1n) is 11.8. The van der Waals surface area contributed by atoms with Gasteiger partial charge in [-0.3, -0.25) is 4.79 Å². The Hall–Kier alpha value is -3.64. The van der Waals surface area contributed by atoms with Crippen molar-refractivity contribution in [3.8, 4) is 22.1 Å². The van der Waals surface area contributed by atoms with Gasteiger partial charge < -0.3 is 14.8 Å². The molecule has 5 nitrogen and oxygen atoms in total. The lowest BCUT2D eigenvalue weighted by molar-refractivity contribution is -0.111. The molecule has 1 aromatic heterocycles. The van der Waals surface area contributed by atoms with Gasteiger partial charge in [0.15, 0.2) is 11.5 Å². The van der Waals surface area contributed by atoms with Gasteiger partial charge in [-0.2, -0.15) is 0 Å². The number of carbonyl (C=O) groups excluding carboxylic acids is 1. The highest BCUT2D eigenvalue weighted by molar-refractivity contribution is 7.21. The fourth-order valence-corrected chi connectivity index (χ4v) is 4.72. The number of fused-ring (bicyclic) bond motifs is 1. The van der Waals surface area contributed by atoms with Crippen LogP contribution in [-0.2, 0) is 4.79 Å². The average molecular weight is 487 g/mol. The molecule has 0 saturated carbocycles. The Morgan fingerprint density at radius 2 is 1.86 bits per heavy atom. The Morgan fingerprint density at radius 3 is 2.63 bits per heavy atom. The van der Waals surface area contributed by atoms with Crippen LogP contribution >= 0.6 is 11.3 Å². The topological polar surface area (TPSA) is 60.5 Å². The third-order valence-electron chi connectivity index (χ3n) is 5.56. The molecule has 35 heavy (non-hydrogen) atoms. The molecule has 0 spiro atoms. The number of rotatable bonds is 10. The van der Waals surface area contributed by atoms with Crippen LogP contribution in [0.15, 0.2) is 66.7 Å². The third-order valence-corrected chi connectivity index (χ3v) is 6.63. The Labute approximate surface area is 210 Å². The van der Waals surface area contributed by atoms with E-state index in [4.69, 9.17) is 14.5 Å². The number of ether oxygens (including phenoxy) is 2. The summed E-state index contributed by atoms with van der Waals surface area (Å²) in [4.78, 5) is 17.2. The van der Waals surface area contributed by atoms with E-state index in [1.165, 1.54) is 16.3 Å². The van der Waals surface area contributed by atoms with Crippen molar-refractivity contribution in [2.75, 3.05) is 19.0 Å². The van der Waals surface area contributed by atoms with Gasteiger partial charge >= 0.3 is 0 Å². The Balaban J connectivity index is 1.36. The van der Waals surface area contributed by atoms with E-state index in [9.17, 15) is 4.79 Å². The summed E-state index contributed by atoms with van der Waals surface area (Å²) in [5.74, 6) is 1.17. The van der Waals surface area contributed by atoms with E-state index in [0.717, 1.165) is 46.6 Å². The molecule has 1 heterocycles. The summed E-state index contributed by atoms with van der Waals surface area (Å²) in [7, 11) is 1.62. The molecule has 0 fully saturated rings. The smallest absolute Gasteiger partial charge is 0.248 e. The van der Waals surface area contributed by atoms with Crippen molar-refractivity contribution in [2.24, 2.45) is 0 Å². The van der Waals surface area contributed by atoms with Crippen molar-refractivity contribution < 1.29 is 14.3 Å². The minimum atomic E-state index is -0.202. The maximum absolute atomic E-state index is 12.5. The minimum absolute atomic E-state index is 0.202. The zero-order chi connectivity index (χ0) is 24.6. The molecular formula is C29H30N2O3S. The number of nitrogens with one attached hydrogen (secondary N) is 1. The molecule has 0 unspecified atom stereocenters. The van der Waals surface area contributed by atoms with Crippen LogP contribution in [0.2, 0.25) is 0 Å². The largest absolute Gasteiger partial charge is 0.493 e. The molecule has 4 aromatic rings. The lowest BCUT2D eigenvalue weighted by Crippen LogP contribution is -2.07. The number of aryl methyl sites for hydroxylation is 1. The van der Waals surface area contributed by atoms with E-state index in [2.05, 4.69) is 37.4 Å². The number of nitrogens with zero attached hydrogens (tertiary/aromatic N) is 1. The molecular weight excluding hydrogens is 456 g/mol. The molecule has 3 aromatic carbocycles. The second-order valence-electron chi connectivity index (χ2n) is 8.36. The minimum Gasteiger partial charge on any atom is -0.493 e. The van der Waals surface area contributed by atoms with Crippen LogP contribution in [0.25, 0.3) is 26.9 Å². The second-order valence-corrected chi connectivity index (χ2v) is 9.39. The van der Waals surface area contributed by atoms with Crippen molar-refractivity contribution in [1.29, 1.82) is 0 Å². The predicted octanol–water partition coefficient (Wildman–Crippen LogP) is 7.50. The standard InChI is InChI=1S/C29H30N2O3S/c1-4-5-6-17-34-25-15-8-21(19-26(25)33-3)9-16-28(32)30-23-12-10-22(11-13-23)29-31-24-14-7-20(2)18-27(24)35-29/h7-16,18-19H,4-6,17H2,1-3H3,(H,30,32)/b16-9+. The maximum Gasteiger partial charge on any atom is 0.248 e. The lowest BCUT2D eigenvalue weighted by Gasteiger charge is -2.11. The van der Waals surface area contributed by atoms with Gasteiger partial charge in [-0.15, -0.1) is 11.3 Å². The number of hydrogen-bond donors (Lipinski definition) is 1. The summed E-state index contributed by atoms with van der Waals surface area (Å²) in [5.41, 5.74) is 4.85. The van der Waals surface area contributed by atoms with Crippen molar-refractivity contribution in [2.45, 2.75) is 33.1 Å². The quantitative estimate of drug-likeness (QED) is 0.186. The van der Waals surface area contributed by atoms with Gasteiger partial charge in [-0.05, 0) is 79.1 Å². The molecule has 1 amide bonds. The predicted molar refractivity (Wildman–Crippen MR) is 145 cm³/mol. The van der Waals surface area contributed by atoms with Crippen LogP contribution in [0.1, 0.15) is 37.3 Å². The van der Waals surface area contributed by atoms with Crippen molar-refractivity contribution in [1.82, 2.24) is 4.98 Å². The van der Waals surface area contributed by atoms with Crippen LogP contribution in [0.3, 0.4) is 0 Å². The first-order chi connectivity index (χ1) is 17.1. The number of thiazole rings is 1. The van der Waals surface area contributed by atoms with Crippen molar-refractivity contribution >= 4 is 39.2 Å². The van der Waals surface area contributed by atoms with Gasteiger partial charge in [-0.25, -0.2) is 4.98 Å². The first kappa shape index (κ1) is 24.5. The van der Waals surface area contributed by atoms with Crippen molar-refractivity contribution in [3.63, 3.8) is 0 Å². The van der Waals surface area contributed by atoms with Gasteiger partial charge in [-0.1, -0.05) is 31.9 Å². The SMILES string of the molecule is CCCCCOc1ccc(/C=C/C(=O)Nc2ccc(-c3nc4ccc(C)cc4s3)cc2)cc1OC. The third kappa shape index (κ3) is 6.49. The van der Waals surface area contributed by atoms with Gasteiger partial charge in [0, 0.05) is 17.3 Å². The van der Waals surface area contributed by atoms with E-state index in [1.807, 2.05) is 42.5 Å². The second kappa shape index (κ2) is 11.7. The molecule has 0 aliphatic carbocycles. The Bertz CT molecular complexity index is 1330. The first-order valence-corrected chi connectivity index (χ1v) is 12.6. The average Bonchev–Trinajstić information content (AvgIpc) is 3.29. The molecule has 0 atom stereocenters. The zero-order valence-electron chi connectivity index (χ0n) is 20.3. The number of benzene rings is 3. The lowest BCUT2D eigenvalue weighted by atomic mass is 10.2. The fourth-order valence-electron chi connectivity index (χ4n) is 3.65. The van der Waals surface area contributed by atoms with Gasteiger partial charge in [0.2, 0.25) is 5.91 Å². The molecule has 6 heteroatoms. The summed E-state index contributed by atoms with van der Waals surface area (Å²) in [6, 6.07) is 19.7. The van der Waals surface area contributed by atoms with E-state index < -0.39 is 0 Å². The molecule has 0 aliphatic heterocycles. The molecule has 1 N–H and O–H groups in total. The van der Waals surface area contributed by atoms with Crippen LogP contribution in [-0.4, -0.2) is 24.6 Å². The van der Waals surface area contributed by atoms with Crippen LogP contribution < -0.4 is 14.8 Å². The Kier molecular flexibility index (Phi) is 8.16. The molecule has 0 saturated heterocycles. The van der Waals surface area contributed by atoms with Gasteiger partial charge in [0.1, 0.15) is 5.01 Å². The molecule has 0 bridgehead atoms. The number of methoxy groups -OCH3 is 1. The highest BCUT2D eigenvalue weighted by Crippen LogP contribution is 2.31. The van der Waals surface area contributed by atoms with Crippen molar-refractivity contribution in [3.05, 3.63) is 77.9 Å². The number of amides is 1. The summed E-state index contributed by atoms with van der Waals surface area (Å²) >= 11 is 1.67. The molecule has 4 rings (SSSR count). The summed E-state index contributed by atoms with van der Waals surface area (Å²) in [6.07, 6.45) is 6.58. The monoisotopic (exact) mass is 486 g/mol. The van der Waals surface area contributed by atoms with E-state index in [1.54, 1.807) is 24.5 Å². The van der Waals surface area contributed by atoms with Gasteiger partial charge in [0.05, 0.1) is 23.9 Å². The molecule has 0 aliphatic rings. The summed E-state index contributed by atoms with van der Waals surface area (Å²) in [5, 5.41) is 3.87. The highest BCUT2D eigenvalue weighted by Gasteiger charge is 2.08. The van der Waals surface area contributed by atoms with E-state index in [-0.39, 0.29) is 5.91 Å². The fraction of sp³-hybridized carbons (Fsp3) is 0.241. The normalized spacial score (nSPS) is 11.2. The number of carbonyl (C=O) groups is 1. The number of aromatic nitrogens is 1. The molecule has 180 valence electrons. The summed E-state index contributed by atoms with van der Waals surface area (Å²) in [6.45, 7) is 4.91. The number of hydrogen-bond acceptors (Lipinski definition) is 5. The molecule has 0 radical (unpaired) electrons. The number of anilines is 1. The summed E-state index contributed by atoms with van der Waals surface area (Å²) < 4.78 is 12.5.